The molecule has 1 unspecified atom stereocenters. The number of Topliss-reactive ketones (excluding diaryl/α,β-unsaturated/α-hetero) is 1. The third-order valence-electron chi connectivity index (χ3n) is 3.45. The number of carbonyl (C=O) groups is 2. The zero-order valence-corrected chi connectivity index (χ0v) is 15.1. The van der Waals surface area contributed by atoms with E-state index in [0.29, 0.717) is 10.6 Å². The zero-order valence-electron chi connectivity index (χ0n) is 13.5. The van der Waals surface area contributed by atoms with Crippen molar-refractivity contribution in [2.75, 3.05) is 7.05 Å². The molecule has 0 aliphatic heterocycles. The van der Waals surface area contributed by atoms with Crippen LogP contribution in [0.15, 0.2) is 53.4 Å². The number of ether oxygens (including phenoxy) is 1. The molecule has 0 saturated carbocycles. The standard InChI is InChI=1S/C17H16ClNO5S/c1-11(16(20)12-3-7-14(18)8-4-12)24-17(21)13-5-9-15(10-6-13)25(22,23)19-2/h3-11,19H,1-2H3. The number of halogens is 1. The first-order valence-corrected chi connectivity index (χ1v) is 9.15. The average molecular weight is 382 g/mol. The minimum absolute atomic E-state index is 0.0249. The summed E-state index contributed by atoms with van der Waals surface area (Å²) in [6.45, 7) is 1.47. The third kappa shape index (κ3) is 4.66. The number of carbonyl (C=O) groups excluding carboxylic acids is 2. The zero-order chi connectivity index (χ0) is 18.6. The van der Waals surface area contributed by atoms with E-state index in [1.165, 1.54) is 38.2 Å². The van der Waals surface area contributed by atoms with E-state index in [1.807, 2.05) is 0 Å². The highest BCUT2D eigenvalue weighted by Gasteiger charge is 2.21. The Morgan fingerprint density at radius 1 is 1.00 bits per heavy atom. The van der Waals surface area contributed by atoms with Crippen molar-refractivity contribution in [2.45, 2.75) is 17.9 Å². The molecule has 1 atom stereocenters. The van der Waals surface area contributed by atoms with Gasteiger partial charge in [0.2, 0.25) is 15.8 Å². The fourth-order valence-electron chi connectivity index (χ4n) is 2.02. The molecule has 132 valence electrons. The normalized spacial score (nSPS) is 12.4. The van der Waals surface area contributed by atoms with Crippen molar-refractivity contribution in [2.24, 2.45) is 0 Å². The molecule has 2 aromatic rings. The van der Waals surface area contributed by atoms with Crippen LogP contribution in [0.2, 0.25) is 5.02 Å². The van der Waals surface area contributed by atoms with Gasteiger partial charge in [-0.05, 0) is 62.5 Å². The molecule has 6 nitrogen and oxygen atoms in total. The molecular weight excluding hydrogens is 366 g/mol. The van der Waals surface area contributed by atoms with Crippen LogP contribution in [0.1, 0.15) is 27.6 Å². The fraction of sp³-hybridized carbons (Fsp3) is 0.176. The second-order valence-electron chi connectivity index (χ2n) is 5.15. The molecule has 0 spiro atoms. The van der Waals surface area contributed by atoms with E-state index in [-0.39, 0.29) is 16.2 Å². The minimum atomic E-state index is -3.58. The van der Waals surface area contributed by atoms with Gasteiger partial charge in [-0.3, -0.25) is 4.79 Å². The van der Waals surface area contributed by atoms with Gasteiger partial charge in [-0.15, -0.1) is 0 Å². The second kappa shape index (κ2) is 7.77. The largest absolute Gasteiger partial charge is 0.451 e. The first kappa shape index (κ1) is 19.1. The Morgan fingerprint density at radius 3 is 2.04 bits per heavy atom. The molecule has 1 N–H and O–H groups in total. The van der Waals surface area contributed by atoms with Crippen LogP contribution in [0.25, 0.3) is 0 Å². The summed E-state index contributed by atoms with van der Waals surface area (Å²) < 4.78 is 30.6. The van der Waals surface area contributed by atoms with Crippen molar-refractivity contribution in [3.8, 4) is 0 Å². The maximum absolute atomic E-state index is 12.2. The summed E-state index contributed by atoms with van der Waals surface area (Å²) >= 11 is 5.77. The van der Waals surface area contributed by atoms with Gasteiger partial charge in [0.05, 0.1) is 10.5 Å². The molecule has 0 radical (unpaired) electrons. The van der Waals surface area contributed by atoms with E-state index in [9.17, 15) is 18.0 Å². The summed E-state index contributed by atoms with van der Waals surface area (Å²) in [6.07, 6.45) is -0.991. The Hall–Kier alpha value is -2.22. The SMILES string of the molecule is CNS(=O)(=O)c1ccc(C(=O)OC(C)C(=O)c2ccc(Cl)cc2)cc1. The van der Waals surface area contributed by atoms with Gasteiger partial charge in [-0.25, -0.2) is 17.9 Å². The Labute approximate surface area is 150 Å². The summed E-state index contributed by atoms with van der Waals surface area (Å²) in [5, 5.41) is 0.498. The molecule has 0 heterocycles. The highest BCUT2D eigenvalue weighted by atomic mass is 35.5. The van der Waals surface area contributed by atoms with Crippen molar-refractivity contribution in [1.29, 1.82) is 0 Å². The lowest BCUT2D eigenvalue weighted by molar-refractivity contribution is 0.0318. The molecule has 0 fully saturated rings. The maximum Gasteiger partial charge on any atom is 0.338 e. The van der Waals surface area contributed by atoms with Gasteiger partial charge in [-0.1, -0.05) is 11.6 Å². The lowest BCUT2D eigenvalue weighted by Gasteiger charge is -2.12. The first-order valence-electron chi connectivity index (χ1n) is 7.29. The van der Waals surface area contributed by atoms with Gasteiger partial charge >= 0.3 is 5.97 Å². The number of esters is 1. The monoisotopic (exact) mass is 381 g/mol. The molecule has 25 heavy (non-hydrogen) atoms. The Kier molecular flexibility index (Phi) is 5.94. The third-order valence-corrected chi connectivity index (χ3v) is 5.13. The molecule has 8 heteroatoms. The smallest absolute Gasteiger partial charge is 0.338 e. The topological polar surface area (TPSA) is 89.5 Å². The number of rotatable bonds is 6. The van der Waals surface area contributed by atoms with Crippen LogP contribution in [0.3, 0.4) is 0 Å². The average Bonchev–Trinajstić information content (AvgIpc) is 2.61. The molecule has 0 aliphatic rings. The highest BCUT2D eigenvalue weighted by molar-refractivity contribution is 7.89. The molecule has 0 bridgehead atoms. The molecule has 0 aliphatic carbocycles. The summed E-state index contributed by atoms with van der Waals surface area (Å²) in [7, 11) is -2.29. The van der Waals surface area contributed by atoms with Gasteiger partial charge in [0.25, 0.3) is 0 Å². The quantitative estimate of drug-likeness (QED) is 0.613. The Morgan fingerprint density at radius 2 is 1.52 bits per heavy atom. The predicted octanol–water partition coefficient (Wildman–Crippen LogP) is 2.68. The fourth-order valence-corrected chi connectivity index (χ4v) is 2.88. The van der Waals surface area contributed by atoms with Crippen LogP contribution in [-0.2, 0) is 14.8 Å². The number of hydrogen-bond acceptors (Lipinski definition) is 5. The molecule has 0 amide bonds. The summed E-state index contributed by atoms with van der Waals surface area (Å²) in [5.41, 5.74) is 0.519. The molecular formula is C17H16ClNO5S. The van der Waals surface area contributed by atoms with Gasteiger partial charge in [0, 0.05) is 10.6 Å². The lowest BCUT2D eigenvalue weighted by atomic mass is 10.1. The van der Waals surface area contributed by atoms with Crippen molar-refractivity contribution >= 4 is 33.4 Å². The van der Waals surface area contributed by atoms with E-state index < -0.39 is 22.1 Å². The van der Waals surface area contributed by atoms with Crippen LogP contribution >= 0.6 is 11.6 Å². The first-order chi connectivity index (χ1) is 11.7. The number of benzene rings is 2. The van der Waals surface area contributed by atoms with Crippen molar-refractivity contribution in [1.82, 2.24) is 4.72 Å². The van der Waals surface area contributed by atoms with Gasteiger partial charge in [0.1, 0.15) is 0 Å². The summed E-state index contributed by atoms with van der Waals surface area (Å²) in [4.78, 5) is 24.4. The van der Waals surface area contributed by atoms with Crippen LogP contribution < -0.4 is 4.72 Å². The summed E-state index contributed by atoms with van der Waals surface area (Å²) in [6, 6.07) is 11.5. The minimum Gasteiger partial charge on any atom is -0.451 e. The van der Waals surface area contributed by atoms with Gasteiger partial charge in [-0.2, -0.15) is 0 Å². The van der Waals surface area contributed by atoms with Crippen LogP contribution in [0, 0.1) is 0 Å². The Balaban J connectivity index is 2.08. The van der Waals surface area contributed by atoms with E-state index >= 15 is 0 Å². The van der Waals surface area contributed by atoms with E-state index in [0.717, 1.165) is 0 Å². The van der Waals surface area contributed by atoms with Gasteiger partial charge in [0.15, 0.2) is 6.10 Å². The highest BCUT2D eigenvalue weighted by Crippen LogP contribution is 2.15. The predicted molar refractivity (Wildman–Crippen MR) is 93.3 cm³/mol. The summed E-state index contributed by atoms with van der Waals surface area (Å²) in [5.74, 6) is -1.08. The van der Waals surface area contributed by atoms with Crippen molar-refractivity contribution in [3.63, 3.8) is 0 Å². The number of ketones is 1. The van der Waals surface area contributed by atoms with E-state index in [4.69, 9.17) is 16.3 Å². The molecule has 2 aromatic carbocycles. The molecule has 0 aromatic heterocycles. The van der Waals surface area contributed by atoms with Crippen molar-refractivity contribution in [3.05, 3.63) is 64.7 Å². The van der Waals surface area contributed by atoms with Crippen LogP contribution in [0.5, 0.6) is 0 Å². The van der Waals surface area contributed by atoms with E-state index in [1.54, 1.807) is 24.3 Å². The number of hydrogen-bond donors (Lipinski definition) is 1. The van der Waals surface area contributed by atoms with Crippen LogP contribution in [0.4, 0.5) is 0 Å². The van der Waals surface area contributed by atoms with E-state index in [2.05, 4.69) is 4.72 Å². The van der Waals surface area contributed by atoms with Gasteiger partial charge < -0.3 is 4.74 Å². The lowest BCUT2D eigenvalue weighted by Crippen LogP contribution is -2.24. The number of nitrogens with one attached hydrogen (secondary N) is 1. The van der Waals surface area contributed by atoms with Crippen LogP contribution in [-0.4, -0.2) is 33.3 Å². The second-order valence-corrected chi connectivity index (χ2v) is 7.47. The maximum atomic E-state index is 12.2. The molecule has 2 rings (SSSR count). The number of sulfonamides is 1. The Bertz CT molecular complexity index is 876. The molecule has 0 saturated heterocycles. The van der Waals surface area contributed by atoms with Crippen molar-refractivity contribution < 1.29 is 22.7 Å².